The summed E-state index contributed by atoms with van der Waals surface area (Å²) in [4.78, 5) is 18.1. The summed E-state index contributed by atoms with van der Waals surface area (Å²) in [6.45, 7) is 2.65. The number of aromatic hydroxyl groups is 1. The minimum Gasteiger partial charge on any atom is -0.505 e. The van der Waals surface area contributed by atoms with Crippen LogP contribution in [0.4, 0.5) is 0 Å². The van der Waals surface area contributed by atoms with Gasteiger partial charge in [-0.1, -0.05) is 0 Å². The Balaban J connectivity index is 1.60. The standard InChI is InChI=1S/C15H21N3O2/c19-13-4-2-8-17-14(13)15(20)18-9-5-11(6-10-18)12-3-1-7-16-12/h2,4,8,11-12,16,19H,1,3,5-7,9-10H2. The van der Waals surface area contributed by atoms with Gasteiger partial charge in [0.2, 0.25) is 0 Å². The van der Waals surface area contributed by atoms with Crippen LogP contribution >= 0.6 is 0 Å². The van der Waals surface area contributed by atoms with Crippen molar-refractivity contribution in [3.8, 4) is 5.75 Å². The number of pyridine rings is 1. The number of hydrogen-bond acceptors (Lipinski definition) is 4. The van der Waals surface area contributed by atoms with Crippen molar-refractivity contribution in [2.24, 2.45) is 5.92 Å². The minimum absolute atomic E-state index is 0.0305. The van der Waals surface area contributed by atoms with Crippen molar-refractivity contribution in [2.75, 3.05) is 19.6 Å². The number of carbonyl (C=O) groups is 1. The Bertz CT molecular complexity index is 478. The summed E-state index contributed by atoms with van der Waals surface area (Å²) < 4.78 is 0. The van der Waals surface area contributed by atoms with E-state index in [0.717, 1.165) is 32.5 Å². The van der Waals surface area contributed by atoms with Gasteiger partial charge in [-0.25, -0.2) is 4.98 Å². The van der Waals surface area contributed by atoms with Gasteiger partial charge in [0, 0.05) is 25.3 Å². The Morgan fingerprint density at radius 3 is 2.80 bits per heavy atom. The average molecular weight is 275 g/mol. The molecule has 5 nitrogen and oxygen atoms in total. The van der Waals surface area contributed by atoms with Crippen LogP contribution in [0.2, 0.25) is 0 Å². The topological polar surface area (TPSA) is 65.5 Å². The third-order valence-corrected chi connectivity index (χ3v) is 4.48. The van der Waals surface area contributed by atoms with Crippen LogP contribution in [-0.2, 0) is 0 Å². The summed E-state index contributed by atoms with van der Waals surface area (Å²) in [6, 6.07) is 3.77. The molecule has 3 rings (SSSR count). The Labute approximate surface area is 119 Å². The number of piperidine rings is 1. The molecular formula is C15H21N3O2. The molecule has 0 saturated carbocycles. The highest BCUT2D eigenvalue weighted by atomic mass is 16.3. The van der Waals surface area contributed by atoms with Crippen molar-refractivity contribution < 1.29 is 9.90 Å². The molecule has 1 aromatic heterocycles. The third kappa shape index (κ3) is 2.63. The molecule has 3 heterocycles. The number of aromatic nitrogens is 1. The van der Waals surface area contributed by atoms with Gasteiger partial charge in [0.05, 0.1) is 0 Å². The molecule has 108 valence electrons. The molecule has 0 bridgehead atoms. The first-order valence-corrected chi connectivity index (χ1v) is 7.42. The summed E-state index contributed by atoms with van der Waals surface area (Å²) in [5.74, 6) is 0.497. The van der Waals surface area contributed by atoms with Gasteiger partial charge >= 0.3 is 0 Å². The number of nitrogens with one attached hydrogen (secondary N) is 1. The lowest BCUT2D eigenvalue weighted by molar-refractivity contribution is 0.0665. The second-order valence-electron chi connectivity index (χ2n) is 5.70. The van der Waals surface area contributed by atoms with E-state index in [1.165, 1.54) is 18.9 Å². The third-order valence-electron chi connectivity index (χ3n) is 4.48. The fourth-order valence-corrected chi connectivity index (χ4v) is 3.33. The molecule has 1 aromatic rings. The van der Waals surface area contributed by atoms with Gasteiger partial charge in [0.1, 0.15) is 5.75 Å². The first kappa shape index (κ1) is 13.4. The van der Waals surface area contributed by atoms with Gasteiger partial charge < -0.3 is 15.3 Å². The molecule has 2 fully saturated rings. The molecule has 1 amide bonds. The Hall–Kier alpha value is -1.62. The molecule has 0 radical (unpaired) electrons. The summed E-state index contributed by atoms with van der Waals surface area (Å²) in [5, 5.41) is 13.3. The lowest BCUT2D eigenvalue weighted by atomic mass is 9.88. The smallest absolute Gasteiger partial charge is 0.276 e. The maximum Gasteiger partial charge on any atom is 0.276 e. The Morgan fingerprint density at radius 1 is 1.35 bits per heavy atom. The van der Waals surface area contributed by atoms with E-state index in [1.807, 2.05) is 4.90 Å². The molecule has 5 heteroatoms. The van der Waals surface area contributed by atoms with Gasteiger partial charge in [0.15, 0.2) is 5.69 Å². The van der Waals surface area contributed by atoms with Crippen LogP contribution in [-0.4, -0.2) is 46.6 Å². The summed E-state index contributed by atoms with van der Waals surface area (Å²) in [6.07, 6.45) is 6.15. The molecule has 0 aromatic carbocycles. The molecule has 0 spiro atoms. The first-order chi connectivity index (χ1) is 9.75. The van der Waals surface area contributed by atoms with Crippen LogP contribution in [0.3, 0.4) is 0 Å². The van der Waals surface area contributed by atoms with E-state index in [2.05, 4.69) is 10.3 Å². The van der Waals surface area contributed by atoms with Crippen molar-refractivity contribution in [3.05, 3.63) is 24.0 Å². The molecule has 0 aliphatic carbocycles. The monoisotopic (exact) mass is 275 g/mol. The van der Waals surface area contributed by atoms with Crippen LogP contribution in [0.5, 0.6) is 5.75 Å². The van der Waals surface area contributed by atoms with Gasteiger partial charge in [0.25, 0.3) is 5.91 Å². The van der Waals surface area contributed by atoms with Crippen molar-refractivity contribution >= 4 is 5.91 Å². The van der Waals surface area contributed by atoms with E-state index in [0.29, 0.717) is 12.0 Å². The molecular weight excluding hydrogens is 254 g/mol. The van der Waals surface area contributed by atoms with Crippen LogP contribution in [0.15, 0.2) is 18.3 Å². The maximum atomic E-state index is 12.3. The second-order valence-corrected chi connectivity index (χ2v) is 5.70. The minimum atomic E-state index is -0.152. The van der Waals surface area contributed by atoms with E-state index in [1.54, 1.807) is 12.3 Å². The number of amides is 1. The summed E-state index contributed by atoms with van der Waals surface area (Å²) >= 11 is 0. The Morgan fingerprint density at radius 2 is 2.15 bits per heavy atom. The second kappa shape index (κ2) is 5.79. The number of rotatable bonds is 2. The van der Waals surface area contributed by atoms with Crippen molar-refractivity contribution in [3.63, 3.8) is 0 Å². The van der Waals surface area contributed by atoms with Crippen molar-refractivity contribution in [1.29, 1.82) is 0 Å². The Kier molecular flexibility index (Phi) is 3.87. The zero-order valence-corrected chi connectivity index (χ0v) is 11.6. The predicted octanol–water partition coefficient (Wildman–Crippen LogP) is 1.39. The highest BCUT2D eigenvalue weighted by Crippen LogP contribution is 2.27. The SMILES string of the molecule is O=C(c1ncccc1O)N1CCC(C2CCCN2)CC1. The van der Waals surface area contributed by atoms with Gasteiger partial charge in [-0.2, -0.15) is 0 Å². The van der Waals surface area contributed by atoms with E-state index in [4.69, 9.17) is 0 Å². The van der Waals surface area contributed by atoms with Gasteiger partial charge in [-0.15, -0.1) is 0 Å². The summed E-state index contributed by atoms with van der Waals surface area (Å²) in [5.41, 5.74) is 0.171. The molecule has 20 heavy (non-hydrogen) atoms. The number of likely N-dealkylation sites (tertiary alicyclic amines) is 1. The van der Waals surface area contributed by atoms with Crippen LogP contribution in [0.25, 0.3) is 0 Å². The zero-order chi connectivity index (χ0) is 13.9. The number of nitrogens with zero attached hydrogens (tertiary/aromatic N) is 2. The predicted molar refractivity (Wildman–Crippen MR) is 75.6 cm³/mol. The fraction of sp³-hybridized carbons (Fsp3) is 0.600. The van der Waals surface area contributed by atoms with E-state index < -0.39 is 0 Å². The lowest BCUT2D eigenvalue weighted by Gasteiger charge is -2.34. The number of hydrogen-bond donors (Lipinski definition) is 2. The largest absolute Gasteiger partial charge is 0.505 e. The average Bonchev–Trinajstić information content (AvgIpc) is 3.01. The van der Waals surface area contributed by atoms with E-state index >= 15 is 0 Å². The quantitative estimate of drug-likeness (QED) is 0.856. The highest BCUT2D eigenvalue weighted by molar-refractivity contribution is 5.94. The maximum absolute atomic E-state index is 12.3. The zero-order valence-electron chi connectivity index (χ0n) is 11.6. The molecule has 2 aliphatic rings. The van der Waals surface area contributed by atoms with Crippen LogP contribution in [0.1, 0.15) is 36.2 Å². The molecule has 2 aliphatic heterocycles. The van der Waals surface area contributed by atoms with Crippen molar-refractivity contribution in [2.45, 2.75) is 31.7 Å². The van der Waals surface area contributed by atoms with Gasteiger partial charge in [-0.3, -0.25) is 4.79 Å². The van der Waals surface area contributed by atoms with Crippen LogP contribution < -0.4 is 5.32 Å². The van der Waals surface area contributed by atoms with Crippen molar-refractivity contribution in [1.82, 2.24) is 15.2 Å². The molecule has 1 atom stereocenters. The van der Waals surface area contributed by atoms with Gasteiger partial charge in [-0.05, 0) is 50.3 Å². The molecule has 1 unspecified atom stereocenters. The normalized spacial score (nSPS) is 24.0. The molecule has 2 saturated heterocycles. The van der Waals surface area contributed by atoms with E-state index in [9.17, 15) is 9.90 Å². The summed E-state index contributed by atoms with van der Waals surface area (Å²) in [7, 11) is 0. The van der Waals surface area contributed by atoms with Crippen LogP contribution in [0, 0.1) is 5.92 Å². The first-order valence-electron chi connectivity index (χ1n) is 7.42. The van der Waals surface area contributed by atoms with E-state index in [-0.39, 0.29) is 17.4 Å². The molecule has 2 N–H and O–H groups in total. The fourth-order valence-electron chi connectivity index (χ4n) is 3.33. The number of carbonyl (C=O) groups excluding carboxylic acids is 1. The lowest BCUT2D eigenvalue weighted by Crippen LogP contribution is -2.43. The highest BCUT2D eigenvalue weighted by Gasteiger charge is 2.31.